The summed E-state index contributed by atoms with van der Waals surface area (Å²) in [4.78, 5) is 40.5. The van der Waals surface area contributed by atoms with Crippen LogP contribution in [0, 0.1) is 0 Å². The number of amides is 3. The van der Waals surface area contributed by atoms with E-state index in [1.54, 1.807) is 67.8 Å². The van der Waals surface area contributed by atoms with Crippen LogP contribution in [0.4, 0.5) is 11.4 Å². The van der Waals surface area contributed by atoms with Gasteiger partial charge in [0.1, 0.15) is 17.2 Å². The summed E-state index contributed by atoms with van der Waals surface area (Å²) in [6.07, 6.45) is 2.19. The second kappa shape index (κ2) is 16.0. The van der Waals surface area contributed by atoms with Gasteiger partial charge in [0, 0.05) is 33.5 Å². The molecule has 0 bridgehead atoms. The number of para-hydroxylation sites is 1. The van der Waals surface area contributed by atoms with Gasteiger partial charge in [-0.25, -0.2) is 0 Å². The van der Waals surface area contributed by atoms with Crippen molar-refractivity contribution < 1.29 is 23.9 Å². The van der Waals surface area contributed by atoms with Crippen molar-refractivity contribution >= 4 is 46.9 Å². The summed E-state index contributed by atoms with van der Waals surface area (Å²) in [5.74, 6) is 0.178. The monoisotopic (exact) mass is 609 g/mol. The van der Waals surface area contributed by atoms with Gasteiger partial charge in [-0.05, 0) is 68.0 Å². The quantitative estimate of drug-likeness (QED) is 0.111. The second-order valence-electron chi connectivity index (χ2n) is 9.57. The summed E-state index contributed by atoms with van der Waals surface area (Å²) in [7, 11) is 1.58. The van der Waals surface area contributed by atoms with Gasteiger partial charge in [0.05, 0.1) is 19.0 Å². The Morgan fingerprint density at radius 3 is 2.25 bits per heavy atom. The number of anilines is 2. The summed E-state index contributed by atoms with van der Waals surface area (Å²) < 4.78 is 11.0. The topological polar surface area (TPSA) is 106 Å². The molecule has 3 N–H and O–H groups in total. The third kappa shape index (κ3) is 8.99. The Labute approximate surface area is 261 Å². The molecule has 0 fully saturated rings. The molecule has 0 heterocycles. The predicted octanol–water partition coefficient (Wildman–Crippen LogP) is 7.01. The fraction of sp³-hybridized carbons (Fsp3) is 0.171. The van der Waals surface area contributed by atoms with Crippen molar-refractivity contribution in [3.8, 4) is 11.5 Å². The lowest BCUT2D eigenvalue weighted by Crippen LogP contribution is -2.30. The summed E-state index contributed by atoms with van der Waals surface area (Å²) in [5, 5.41) is 8.23. The first-order chi connectivity index (χ1) is 21.4. The maximum Gasteiger partial charge on any atom is 0.272 e. The van der Waals surface area contributed by atoms with Gasteiger partial charge in [-0.3, -0.25) is 14.4 Å². The van der Waals surface area contributed by atoms with E-state index in [0.717, 1.165) is 4.90 Å². The Morgan fingerprint density at radius 1 is 0.818 bits per heavy atom. The number of nitrogens with one attached hydrogen (secondary N) is 3. The summed E-state index contributed by atoms with van der Waals surface area (Å²) in [6, 6.07) is 30.4. The van der Waals surface area contributed by atoms with E-state index in [9.17, 15) is 14.4 Å². The molecule has 1 atom stereocenters. The van der Waals surface area contributed by atoms with E-state index >= 15 is 0 Å². The molecule has 0 saturated carbocycles. The lowest BCUT2D eigenvalue weighted by atomic mass is 10.1. The van der Waals surface area contributed by atoms with Gasteiger partial charge in [-0.15, -0.1) is 11.8 Å². The largest absolute Gasteiger partial charge is 0.497 e. The van der Waals surface area contributed by atoms with Crippen molar-refractivity contribution in [1.29, 1.82) is 0 Å². The van der Waals surface area contributed by atoms with Crippen molar-refractivity contribution in [3.05, 3.63) is 120 Å². The van der Waals surface area contributed by atoms with Crippen LogP contribution in [0.25, 0.3) is 6.08 Å². The van der Waals surface area contributed by atoms with Gasteiger partial charge >= 0.3 is 0 Å². The maximum absolute atomic E-state index is 13.6. The van der Waals surface area contributed by atoms with Gasteiger partial charge < -0.3 is 25.4 Å². The molecule has 0 aliphatic carbocycles. The van der Waals surface area contributed by atoms with E-state index in [-0.39, 0.29) is 16.9 Å². The molecule has 8 nitrogen and oxygen atoms in total. The first-order valence-corrected chi connectivity index (χ1v) is 15.1. The highest BCUT2D eigenvalue weighted by Crippen LogP contribution is 2.29. The van der Waals surface area contributed by atoms with Gasteiger partial charge in [-0.1, -0.05) is 55.5 Å². The van der Waals surface area contributed by atoms with Crippen LogP contribution in [-0.2, 0) is 9.59 Å². The number of carbonyl (C=O) groups is 3. The lowest BCUT2D eigenvalue weighted by molar-refractivity contribution is -0.116. The molecule has 9 heteroatoms. The minimum Gasteiger partial charge on any atom is -0.497 e. The Hall–Kier alpha value is -5.02. The molecule has 44 heavy (non-hydrogen) atoms. The van der Waals surface area contributed by atoms with Gasteiger partial charge in [0.25, 0.3) is 11.8 Å². The van der Waals surface area contributed by atoms with E-state index < -0.39 is 11.8 Å². The molecule has 4 aromatic rings. The van der Waals surface area contributed by atoms with Crippen molar-refractivity contribution in [2.45, 2.75) is 30.4 Å². The third-order valence-corrected chi connectivity index (χ3v) is 7.78. The Balaban J connectivity index is 1.52. The molecule has 0 aromatic heterocycles. The number of hydrogen-bond donors (Lipinski definition) is 3. The zero-order chi connectivity index (χ0) is 31.3. The smallest absolute Gasteiger partial charge is 0.272 e. The van der Waals surface area contributed by atoms with Crippen LogP contribution in [-0.4, -0.2) is 36.7 Å². The van der Waals surface area contributed by atoms with E-state index in [1.807, 2.05) is 62.4 Å². The van der Waals surface area contributed by atoms with Crippen molar-refractivity contribution in [2.24, 2.45) is 0 Å². The molecular weight excluding hydrogens is 574 g/mol. The third-order valence-electron chi connectivity index (χ3n) is 6.42. The molecule has 0 radical (unpaired) electrons. The summed E-state index contributed by atoms with van der Waals surface area (Å²) in [6.45, 7) is 4.27. The molecule has 4 aromatic carbocycles. The summed E-state index contributed by atoms with van der Waals surface area (Å²) in [5.41, 5.74) is 2.27. The van der Waals surface area contributed by atoms with Crippen LogP contribution < -0.4 is 25.4 Å². The fourth-order valence-electron chi connectivity index (χ4n) is 4.24. The van der Waals surface area contributed by atoms with Crippen LogP contribution in [0.2, 0.25) is 0 Å². The highest BCUT2D eigenvalue weighted by molar-refractivity contribution is 8.00. The van der Waals surface area contributed by atoms with Crippen molar-refractivity contribution in [1.82, 2.24) is 5.32 Å². The normalized spacial score (nSPS) is 11.7. The SMILES string of the molecule is CCOc1ccccc1/C=C(/NC(=O)c1ccccc1)C(=O)Nc1cccc(SC(CC)C(=O)Nc2cccc(OC)c2)c1. The van der Waals surface area contributed by atoms with Gasteiger partial charge in [0.15, 0.2) is 0 Å². The first kappa shape index (κ1) is 31.9. The standard InChI is InChI=1S/C35H35N3O5S/c1-4-32(35(41)37-26-16-11-18-28(22-26)42-3)44-29-19-12-17-27(23-29)36-34(40)30(38-33(39)24-13-7-6-8-14-24)21-25-15-9-10-20-31(25)43-5-2/h6-23,32H,4-5H2,1-3H3,(H,36,40)(H,37,41)(H,38,39)/b30-21+. The highest BCUT2D eigenvalue weighted by atomic mass is 32.2. The highest BCUT2D eigenvalue weighted by Gasteiger charge is 2.20. The number of hydrogen-bond acceptors (Lipinski definition) is 6. The van der Waals surface area contributed by atoms with E-state index in [2.05, 4.69) is 16.0 Å². The average Bonchev–Trinajstić information content (AvgIpc) is 3.04. The Kier molecular flexibility index (Phi) is 11.6. The van der Waals surface area contributed by atoms with Crippen LogP contribution in [0.15, 0.2) is 114 Å². The van der Waals surface area contributed by atoms with Gasteiger partial charge in [0.2, 0.25) is 5.91 Å². The minimum absolute atomic E-state index is 0.0492. The maximum atomic E-state index is 13.6. The second-order valence-corrected chi connectivity index (χ2v) is 10.8. The molecule has 0 aliphatic heterocycles. The number of carbonyl (C=O) groups excluding carboxylic acids is 3. The zero-order valence-corrected chi connectivity index (χ0v) is 25.6. The first-order valence-electron chi connectivity index (χ1n) is 14.2. The Morgan fingerprint density at radius 2 is 1.52 bits per heavy atom. The number of thioether (sulfide) groups is 1. The molecule has 3 amide bonds. The van der Waals surface area contributed by atoms with E-state index in [1.165, 1.54) is 11.8 Å². The van der Waals surface area contributed by atoms with Crippen molar-refractivity contribution in [3.63, 3.8) is 0 Å². The predicted molar refractivity (Wildman–Crippen MR) is 176 cm³/mol. The van der Waals surface area contributed by atoms with E-state index in [4.69, 9.17) is 9.47 Å². The van der Waals surface area contributed by atoms with Crippen LogP contribution in [0.3, 0.4) is 0 Å². The number of ether oxygens (including phenoxy) is 2. The minimum atomic E-state index is -0.509. The number of rotatable bonds is 13. The average molecular weight is 610 g/mol. The number of methoxy groups -OCH3 is 1. The molecule has 226 valence electrons. The Bertz CT molecular complexity index is 1620. The molecule has 0 saturated heterocycles. The molecule has 0 spiro atoms. The molecule has 0 aliphatic rings. The zero-order valence-electron chi connectivity index (χ0n) is 24.8. The molecule has 4 rings (SSSR count). The number of benzene rings is 4. The summed E-state index contributed by atoms with van der Waals surface area (Å²) >= 11 is 1.40. The van der Waals surface area contributed by atoms with Crippen LogP contribution in [0.1, 0.15) is 36.2 Å². The fourth-order valence-corrected chi connectivity index (χ4v) is 5.25. The molecule has 1 unspecified atom stereocenters. The van der Waals surface area contributed by atoms with E-state index in [0.29, 0.717) is 47.0 Å². The van der Waals surface area contributed by atoms with Gasteiger partial charge in [-0.2, -0.15) is 0 Å². The van der Waals surface area contributed by atoms with Crippen molar-refractivity contribution in [2.75, 3.05) is 24.4 Å². The molecular formula is C35H35N3O5S. The van der Waals surface area contributed by atoms with Crippen LogP contribution in [0.5, 0.6) is 11.5 Å². The lowest BCUT2D eigenvalue weighted by Gasteiger charge is -2.16. The van der Waals surface area contributed by atoms with Crippen LogP contribution >= 0.6 is 11.8 Å².